The first kappa shape index (κ1) is 16.0. The van der Waals surface area contributed by atoms with E-state index < -0.39 is 0 Å². The van der Waals surface area contributed by atoms with E-state index in [0.29, 0.717) is 5.92 Å². The maximum atomic E-state index is 13.0. The predicted molar refractivity (Wildman–Crippen MR) is 90.1 cm³/mol. The molecule has 3 rings (SSSR count). The predicted octanol–water partition coefficient (Wildman–Crippen LogP) is 3.62. The molecule has 0 aliphatic heterocycles. The number of carbonyl (C=O) groups is 1. The van der Waals surface area contributed by atoms with Crippen molar-refractivity contribution in [2.24, 2.45) is 5.92 Å². The van der Waals surface area contributed by atoms with E-state index in [2.05, 4.69) is 22.8 Å². The molecule has 0 aromatic carbocycles. The zero-order valence-corrected chi connectivity index (χ0v) is 14.0. The van der Waals surface area contributed by atoms with Gasteiger partial charge in [0.15, 0.2) is 0 Å². The summed E-state index contributed by atoms with van der Waals surface area (Å²) in [6.45, 7) is 0.725. The van der Waals surface area contributed by atoms with Gasteiger partial charge in [-0.3, -0.25) is 4.79 Å². The minimum absolute atomic E-state index is 0.170. The molecule has 2 aliphatic rings. The number of aliphatic hydroxyl groups excluding tert-OH is 1. The fraction of sp³-hybridized carbons (Fsp3) is 0.722. The molecule has 2 aliphatic carbocycles. The summed E-state index contributed by atoms with van der Waals surface area (Å²) in [5.41, 5.74) is -0.292. The van der Waals surface area contributed by atoms with E-state index in [1.807, 2.05) is 0 Å². The summed E-state index contributed by atoms with van der Waals surface area (Å²) in [6, 6.07) is 4.18. The lowest BCUT2D eigenvalue weighted by Crippen LogP contribution is -2.47. The summed E-state index contributed by atoms with van der Waals surface area (Å²) in [5.74, 6) is 0.659. The molecule has 2 atom stereocenters. The van der Waals surface area contributed by atoms with Gasteiger partial charge in [-0.1, -0.05) is 31.7 Å². The van der Waals surface area contributed by atoms with E-state index in [-0.39, 0.29) is 17.4 Å². The Hall–Kier alpha value is -0.870. The lowest BCUT2D eigenvalue weighted by molar-refractivity contribution is -0.128. The second kappa shape index (κ2) is 7.14. The van der Waals surface area contributed by atoms with E-state index in [0.717, 1.165) is 57.9 Å². The Morgan fingerprint density at radius 2 is 2.09 bits per heavy atom. The molecule has 2 N–H and O–H groups in total. The third-order valence-corrected chi connectivity index (χ3v) is 6.51. The van der Waals surface area contributed by atoms with Gasteiger partial charge in [0.05, 0.1) is 11.5 Å². The van der Waals surface area contributed by atoms with Crippen molar-refractivity contribution in [1.82, 2.24) is 5.32 Å². The molecule has 1 aromatic rings. The Morgan fingerprint density at radius 3 is 2.77 bits per heavy atom. The van der Waals surface area contributed by atoms with Gasteiger partial charge in [0.25, 0.3) is 0 Å². The Balaban J connectivity index is 1.65. The van der Waals surface area contributed by atoms with Crippen LogP contribution >= 0.6 is 11.3 Å². The second-order valence-electron chi connectivity index (χ2n) is 7.02. The number of nitrogens with one attached hydrogen (secondary N) is 1. The topological polar surface area (TPSA) is 49.3 Å². The molecule has 2 saturated carbocycles. The van der Waals surface area contributed by atoms with Crippen LogP contribution in [0.15, 0.2) is 17.5 Å². The molecule has 0 spiro atoms. The SMILES string of the molecule is O=C(NCC1CCCC(O)C1)C1(c2cccs2)CCCCC1. The summed E-state index contributed by atoms with van der Waals surface area (Å²) >= 11 is 1.72. The van der Waals surface area contributed by atoms with Crippen molar-refractivity contribution in [3.8, 4) is 0 Å². The van der Waals surface area contributed by atoms with Crippen LogP contribution in [-0.2, 0) is 10.2 Å². The van der Waals surface area contributed by atoms with Gasteiger partial charge in [-0.25, -0.2) is 0 Å². The van der Waals surface area contributed by atoms with Crippen LogP contribution in [0.1, 0.15) is 62.7 Å². The van der Waals surface area contributed by atoms with Gasteiger partial charge in [-0.05, 0) is 49.5 Å². The highest BCUT2D eigenvalue weighted by Gasteiger charge is 2.42. The van der Waals surface area contributed by atoms with Gasteiger partial charge in [0.1, 0.15) is 0 Å². The molecule has 2 unspecified atom stereocenters. The molecule has 0 radical (unpaired) electrons. The number of carbonyl (C=O) groups excluding carboxylic acids is 1. The largest absolute Gasteiger partial charge is 0.393 e. The number of hydrogen-bond acceptors (Lipinski definition) is 3. The summed E-state index contributed by atoms with van der Waals surface area (Å²) in [4.78, 5) is 14.2. The fourth-order valence-electron chi connectivity index (χ4n) is 4.15. The van der Waals surface area contributed by atoms with Crippen molar-refractivity contribution >= 4 is 17.2 Å². The van der Waals surface area contributed by atoms with E-state index in [9.17, 15) is 9.90 Å². The lowest BCUT2D eigenvalue weighted by atomic mass is 9.72. The molecular weight excluding hydrogens is 294 g/mol. The van der Waals surface area contributed by atoms with Gasteiger partial charge < -0.3 is 10.4 Å². The van der Waals surface area contributed by atoms with Crippen LogP contribution in [-0.4, -0.2) is 23.7 Å². The van der Waals surface area contributed by atoms with Crippen LogP contribution in [0.4, 0.5) is 0 Å². The van der Waals surface area contributed by atoms with Crippen LogP contribution in [0.5, 0.6) is 0 Å². The van der Waals surface area contributed by atoms with Crippen molar-refractivity contribution in [3.05, 3.63) is 22.4 Å². The number of thiophene rings is 1. The highest BCUT2D eigenvalue weighted by atomic mass is 32.1. The standard InChI is InChI=1S/C18H27NO2S/c20-15-7-4-6-14(12-15)13-19-17(21)18(9-2-1-3-10-18)16-8-5-11-22-16/h5,8,11,14-15,20H,1-4,6-7,9-10,12-13H2,(H,19,21). The van der Waals surface area contributed by atoms with E-state index >= 15 is 0 Å². The summed E-state index contributed by atoms with van der Waals surface area (Å²) < 4.78 is 0. The molecule has 2 fully saturated rings. The molecule has 22 heavy (non-hydrogen) atoms. The van der Waals surface area contributed by atoms with E-state index in [1.54, 1.807) is 11.3 Å². The average molecular weight is 321 g/mol. The van der Waals surface area contributed by atoms with Crippen molar-refractivity contribution < 1.29 is 9.90 Å². The Kier molecular flexibility index (Phi) is 5.19. The second-order valence-corrected chi connectivity index (χ2v) is 7.96. The summed E-state index contributed by atoms with van der Waals surface area (Å²) in [6.07, 6.45) is 9.29. The van der Waals surface area contributed by atoms with Crippen molar-refractivity contribution in [3.63, 3.8) is 0 Å². The molecule has 0 saturated heterocycles. The Labute approximate surface area is 137 Å². The molecule has 3 nitrogen and oxygen atoms in total. The Morgan fingerprint density at radius 1 is 1.27 bits per heavy atom. The normalized spacial score (nSPS) is 28.2. The molecular formula is C18H27NO2S. The van der Waals surface area contributed by atoms with Crippen LogP contribution in [0.2, 0.25) is 0 Å². The zero-order valence-electron chi connectivity index (χ0n) is 13.2. The highest BCUT2D eigenvalue weighted by molar-refractivity contribution is 7.10. The summed E-state index contributed by atoms with van der Waals surface area (Å²) in [7, 11) is 0. The first-order chi connectivity index (χ1) is 10.7. The van der Waals surface area contributed by atoms with Crippen molar-refractivity contribution in [2.75, 3.05) is 6.54 Å². The monoisotopic (exact) mass is 321 g/mol. The van der Waals surface area contributed by atoms with Crippen LogP contribution in [0.3, 0.4) is 0 Å². The van der Waals surface area contributed by atoms with Gasteiger partial charge in [-0.2, -0.15) is 0 Å². The smallest absolute Gasteiger partial charge is 0.231 e. The van der Waals surface area contributed by atoms with Crippen molar-refractivity contribution in [2.45, 2.75) is 69.3 Å². The molecule has 122 valence electrons. The van der Waals surface area contributed by atoms with Crippen LogP contribution < -0.4 is 5.32 Å². The van der Waals surface area contributed by atoms with E-state index in [1.165, 1.54) is 11.3 Å². The number of aliphatic hydroxyl groups is 1. The quantitative estimate of drug-likeness (QED) is 0.890. The molecule has 1 aromatic heterocycles. The van der Waals surface area contributed by atoms with E-state index in [4.69, 9.17) is 0 Å². The molecule has 0 bridgehead atoms. The Bertz CT molecular complexity index is 479. The average Bonchev–Trinajstić information content (AvgIpc) is 3.08. The lowest BCUT2D eigenvalue weighted by Gasteiger charge is -2.36. The first-order valence-corrected chi connectivity index (χ1v) is 9.59. The van der Waals surface area contributed by atoms with Gasteiger partial charge in [-0.15, -0.1) is 11.3 Å². The van der Waals surface area contributed by atoms with Crippen molar-refractivity contribution in [1.29, 1.82) is 0 Å². The van der Waals surface area contributed by atoms with Crippen LogP contribution in [0.25, 0.3) is 0 Å². The first-order valence-electron chi connectivity index (χ1n) is 8.71. The maximum Gasteiger partial charge on any atom is 0.231 e. The summed E-state index contributed by atoms with van der Waals surface area (Å²) in [5, 5.41) is 15.1. The van der Waals surface area contributed by atoms with Gasteiger partial charge >= 0.3 is 0 Å². The molecule has 1 heterocycles. The molecule has 4 heteroatoms. The highest BCUT2D eigenvalue weighted by Crippen LogP contribution is 2.41. The van der Waals surface area contributed by atoms with Gasteiger partial charge in [0, 0.05) is 11.4 Å². The fourth-order valence-corrected chi connectivity index (χ4v) is 5.13. The zero-order chi connectivity index (χ0) is 15.4. The number of rotatable bonds is 4. The maximum absolute atomic E-state index is 13.0. The van der Waals surface area contributed by atoms with Crippen LogP contribution in [0, 0.1) is 5.92 Å². The number of hydrogen-bond donors (Lipinski definition) is 2. The minimum Gasteiger partial charge on any atom is -0.393 e. The molecule has 1 amide bonds. The third-order valence-electron chi connectivity index (χ3n) is 5.44. The van der Waals surface area contributed by atoms with Gasteiger partial charge in [0.2, 0.25) is 5.91 Å². The third kappa shape index (κ3) is 3.38. The minimum atomic E-state index is -0.292. The number of amides is 1.